The van der Waals surface area contributed by atoms with Crippen molar-refractivity contribution in [2.75, 3.05) is 26.4 Å². The van der Waals surface area contributed by atoms with Crippen LogP contribution in [0.5, 0.6) is 0 Å². The summed E-state index contributed by atoms with van der Waals surface area (Å²) < 4.78 is 0. The Hall–Kier alpha value is -1.22. The summed E-state index contributed by atoms with van der Waals surface area (Å²) in [5, 5.41) is 40.7. The second-order valence-corrected chi connectivity index (χ2v) is 10.5. The van der Waals surface area contributed by atoms with E-state index in [1.54, 1.807) is 0 Å². The van der Waals surface area contributed by atoms with Gasteiger partial charge in [-0.3, -0.25) is 9.59 Å². The summed E-state index contributed by atoms with van der Waals surface area (Å²) in [7, 11) is 0. The minimum absolute atomic E-state index is 0.0144. The van der Waals surface area contributed by atoms with E-state index in [2.05, 4.69) is 17.6 Å². The summed E-state index contributed by atoms with van der Waals surface area (Å²) in [6.07, 6.45) is 21.0. The van der Waals surface area contributed by atoms with Crippen LogP contribution in [-0.2, 0) is 9.59 Å². The fourth-order valence-corrected chi connectivity index (χ4v) is 4.32. The van der Waals surface area contributed by atoms with E-state index in [-0.39, 0.29) is 44.2 Å². The Labute approximate surface area is 233 Å². The maximum Gasteiger partial charge on any atom is 0.223 e. The molecule has 0 rings (SSSR count). The third-order valence-corrected chi connectivity index (χ3v) is 6.75. The van der Waals surface area contributed by atoms with E-state index >= 15 is 0 Å². The van der Waals surface area contributed by atoms with Crippen LogP contribution in [-0.4, -0.2) is 70.8 Å². The van der Waals surface area contributed by atoms with Gasteiger partial charge in [-0.2, -0.15) is 0 Å². The summed E-state index contributed by atoms with van der Waals surface area (Å²) in [4.78, 5) is 23.3. The Balaban J connectivity index is 0. The van der Waals surface area contributed by atoms with E-state index in [9.17, 15) is 9.59 Å². The van der Waals surface area contributed by atoms with Crippen LogP contribution in [0.25, 0.3) is 0 Å². The van der Waals surface area contributed by atoms with Gasteiger partial charge < -0.3 is 31.1 Å². The number of hydrogen-bond acceptors (Lipinski definition) is 6. The lowest BCUT2D eigenvalue weighted by molar-refractivity contribution is -0.127. The van der Waals surface area contributed by atoms with Gasteiger partial charge in [0, 0.05) is 12.3 Å². The van der Waals surface area contributed by atoms with E-state index in [1.807, 2.05) is 13.8 Å². The topological polar surface area (TPSA) is 139 Å². The minimum atomic E-state index is -0.520. The van der Waals surface area contributed by atoms with Crippen LogP contribution in [0.15, 0.2) is 0 Å². The van der Waals surface area contributed by atoms with E-state index in [0.29, 0.717) is 6.42 Å². The van der Waals surface area contributed by atoms with Crippen molar-refractivity contribution in [2.45, 2.75) is 148 Å². The molecular formula is C30H62N2O6. The Morgan fingerprint density at radius 2 is 0.895 bits per heavy atom. The van der Waals surface area contributed by atoms with Gasteiger partial charge in [-0.05, 0) is 19.3 Å². The fraction of sp³-hybridized carbons (Fsp3) is 0.933. The average molecular weight is 547 g/mol. The van der Waals surface area contributed by atoms with Crippen molar-refractivity contribution in [1.29, 1.82) is 0 Å². The molecule has 0 fully saturated rings. The number of carbonyl (C=O) groups is 2. The SMILES string of the molecule is CCCC(CCC)C(=O)NC(CO)CO.CCCCCCCCCCCCCCCC(=O)NC(CO)CO. The van der Waals surface area contributed by atoms with Crippen LogP contribution in [0.2, 0.25) is 0 Å². The second kappa shape index (κ2) is 30.3. The molecular weight excluding hydrogens is 484 g/mol. The third-order valence-electron chi connectivity index (χ3n) is 6.75. The molecule has 0 aromatic heterocycles. The highest BCUT2D eigenvalue weighted by Crippen LogP contribution is 2.14. The van der Waals surface area contributed by atoms with Gasteiger partial charge in [-0.15, -0.1) is 0 Å². The summed E-state index contributed by atoms with van der Waals surface area (Å²) in [6, 6.07) is -1.03. The van der Waals surface area contributed by atoms with Crippen molar-refractivity contribution in [3.8, 4) is 0 Å². The molecule has 8 nitrogen and oxygen atoms in total. The maximum atomic E-state index is 11.7. The maximum absolute atomic E-state index is 11.7. The molecule has 0 bridgehead atoms. The molecule has 0 spiro atoms. The monoisotopic (exact) mass is 546 g/mol. The normalized spacial score (nSPS) is 11.1. The number of aliphatic hydroxyl groups is 4. The van der Waals surface area contributed by atoms with Crippen LogP contribution in [0.4, 0.5) is 0 Å². The van der Waals surface area contributed by atoms with Crippen LogP contribution in [0, 0.1) is 5.92 Å². The molecule has 2 amide bonds. The summed E-state index contributed by atoms with van der Waals surface area (Å²) in [6.45, 7) is 5.51. The first-order valence-electron chi connectivity index (χ1n) is 15.5. The van der Waals surface area contributed by atoms with Gasteiger partial charge in [-0.25, -0.2) is 0 Å². The molecule has 0 radical (unpaired) electrons. The highest BCUT2D eigenvalue weighted by Gasteiger charge is 2.19. The molecule has 0 aromatic carbocycles. The lowest BCUT2D eigenvalue weighted by Crippen LogP contribution is -2.43. The largest absolute Gasteiger partial charge is 0.394 e. The summed E-state index contributed by atoms with van der Waals surface area (Å²) >= 11 is 0. The molecule has 0 saturated heterocycles. The summed E-state index contributed by atoms with van der Waals surface area (Å²) in [5.74, 6) is -0.103. The predicted octanol–water partition coefficient (Wildman–Crippen LogP) is 4.61. The van der Waals surface area contributed by atoms with Crippen LogP contribution in [0.3, 0.4) is 0 Å². The number of unbranched alkanes of at least 4 members (excludes halogenated alkanes) is 12. The molecule has 0 heterocycles. The molecule has 6 N–H and O–H groups in total. The van der Waals surface area contributed by atoms with Crippen LogP contribution in [0.1, 0.15) is 136 Å². The second-order valence-electron chi connectivity index (χ2n) is 10.5. The molecule has 0 aliphatic rings. The highest BCUT2D eigenvalue weighted by molar-refractivity contribution is 5.78. The van der Waals surface area contributed by atoms with E-state index in [0.717, 1.165) is 38.5 Å². The van der Waals surface area contributed by atoms with Crippen molar-refractivity contribution in [1.82, 2.24) is 10.6 Å². The molecule has 0 unspecified atom stereocenters. The lowest BCUT2D eigenvalue weighted by Gasteiger charge is -2.19. The molecule has 8 heteroatoms. The number of amides is 2. The first kappa shape index (κ1) is 38.9. The number of carbonyl (C=O) groups excluding carboxylic acids is 2. The Bertz CT molecular complexity index is 507. The zero-order valence-corrected chi connectivity index (χ0v) is 24.9. The van der Waals surface area contributed by atoms with E-state index < -0.39 is 12.1 Å². The van der Waals surface area contributed by atoms with E-state index in [1.165, 1.54) is 70.6 Å². The van der Waals surface area contributed by atoms with Gasteiger partial charge in [0.05, 0.1) is 38.5 Å². The standard InChI is InChI=1S/C19H39NO3.C11H23NO3/c1-2-3-4-5-6-7-8-9-10-11-12-13-14-15-19(23)20-18(16-21)17-22;1-3-5-9(6-4-2)11(15)12-10(7-13)8-14/h18,21-22H,2-17H2,1H3,(H,20,23);9-10,13-14H,3-8H2,1-2H3,(H,12,15). The van der Waals surface area contributed by atoms with Gasteiger partial charge in [0.25, 0.3) is 0 Å². The third kappa shape index (κ3) is 25.1. The average Bonchev–Trinajstić information content (AvgIpc) is 2.93. The summed E-state index contributed by atoms with van der Waals surface area (Å²) in [5.41, 5.74) is 0. The highest BCUT2D eigenvalue weighted by atomic mass is 16.3. The first-order chi connectivity index (χ1) is 18.4. The smallest absolute Gasteiger partial charge is 0.223 e. The van der Waals surface area contributed by atoms with Gasteiger partial charge in [0.2, 0.25) is 11.8 Å². The number of aliphatic hydroxyl groups excluding tert-OH is 4. The number of hydrogen-bond donors (Lipinski definition) is 6. The van der Waals surface area contributed by atoms with E-state index in [4.69, 9.17) is 20.4 Å². The van der Waals surface area contributed by atoms with Crippen LogP contribution < -0.4 is 10.6 Å². The van der Waals surface area contributed by atoms with Crippen LogP contribution >= 0.6 is 0 Å². The molecule has 0 atom stereocenters. The van der Waals surface area contributed by atoms with Gasteiger partial charge in [0.15, 0.2) is 0 Å². The van der Waals surface area contributed by atoms with Crippen molar-refractivity contribution in [3.63, 3.8) is 0 Å². The van der Waals surface area contributed by atoms with Gasteiger partial charge >= 0.3 is 0 Å². The van der Waals surface area contributed by atoms with Gasteiger partial charge in [-0.1, -0.05) is 111 Å². The molecule has 38 heavy (non-hydrogen) atoms. The van der Waals surface area contributed by atoms with Gasteiger partial charge in [0.1, 0.15) is 0 Å². The number of nitrogens with one attached hydrogen (secondary N) is 2. The Morgan fingerprint density at radius 1 is 0.526 bits per heavy atom. The minimum Gasteiger partial charge on any atom is -0.394 e. The zero-order chi connectivity index (χ0) is 28.9. The van der Waals surface area contributed by atoms with Crippen molar-refractivity contribution >= 4 is 11.8 Å². The fourth-order valence-electron chi connectivity index (χ4n) is 4.32. The molecule has 0 aliphatic heterocycles. The first-order valence-corrected chi connectivity index (χ1v) is 15.5. The molecule has 0 aromatic rings. The lowest BCUT2D eigenvalue weighted by atomic mass is 9.97. The van der Waals surface area contributed by atoms with Crippen molar-refractivity contribution in [2.24, 2.45) is 5.92 Å². The Morgan fingerprint density at radius 3 is 1.26 bits per heavy atom. The molecule has 0 aliphatic carbocycles. The van der Waals surface area contributed by atoms with Crippen molar-refractivity contribution in [3.05, 3.63) is 0 Å². The number of rotatable bonds is 25. The zero-order valence-electron chi connectivity index (χ0n) is 24.9. The molecule has 0 saturated carbocycles. The Kier molecular flexibility index (Phi) is 31.1. The predicted molar refractivity (Wildman–Crippen MR) is 156 cm³/mol. The molecule has 228 valence electrons. The van der Waals surface area contributed by atoms with Crippen molar-refractivity contribution < 1.29 is 30.0 Å². The quantitative estimate of drug-likeness (QED) is 0.0925.